The molecule has 7 nitrogen and oxygen atoms in total. The van der Waals surface area contributed by atoms with Crippen molar-refractivity contribution in [3.8, 4) is 5.69 Å². The lowest BCUT2D eigenvalue weighted by Crippen LogP contribution is -2.37. The second-order valence-electron chi connectivity index (χ2n) is 7.32. The fourth-order valence-electron chi connectivity index (χ4n) is 4.05. The van der Waals surface area contributed by atoms with Gasteiger partial charge >= 0.3 is 6.03 Å². The van der Waals surface area contributed by atoms with Crippen LogP contribution in [0.3, 0.4) is 0 Å². The molecule has 0 spiro atoms. The number of anilines is 2. The van der Waals surface area contributed by atoms with Crippen LogP contribution >= 0.6 is 0 Å². The van der Waals surface area contributed by atoms with Gasteiger partial charge in [-0.2, -0.15) is 15.0 Å². The molecule has 2 unspecified atom stereocenters. The fourth-order valence-corrected chi connectivity index (χ4v) is 4.05. The van der Waals surface area contributed by atoms with Crippen molar-refractivity contribution in [2.75, 3.05) is 23.3 Å². The van der Waals surface area contributed by atoms with Gasteiger partial charge in [-0.15, -0.1) is 0 Å². The Morgan fingerprint density at radius 1 is 1.03 bits per heavy atom. The molecular weight excluding hydrogens is 378 g/mol. The number of carbonyl (C=O) groups excluding carboxylic acids is 1. The summed E-state index contributed by atoms with van der Waals surface area (Å²) >= 11 is 0. The molecule has 2 atom stereocenters. The lowest BCUT2D eigenvalue weighted by Gasteiger charge is -2.23. The highest BCUT2D eigenvalue weighted by Gasteiger charge is 2.56. The molecular formula is C20H18F2N6O. The Bertz CT molecular complexity index is 1040. The Balaban J connectivity index is 1.17. The highest BCUT2D eigenvalue weighted by atomic mass is 19.1. The second kappa shape index (κ2) is 6.84. The van der Waals surface area contributed by atoms with Gasteiger partial charge in [0.05, 0.1) is 23.8 Å². The van der Waals surface area contributed by atoms with Crippen LogP contribution in [0, 0.1) is 23.5 Å². The number of urea groups is 1. The number of nitrogens with one attached hydrogen (secondary N) is 2. The van der Waals surface area contributed by atoms with E-state index in [0.717, 1.165) is 11.8 Å². The maximum absolute atomic E-state index is 14.0. The molecule has 0 bridgehead atoms. The van der Waals surface area contributed by atoms with Crippen LogP contribution in [0.5, 0.6) is 0 Å². The van der Waals surface area contributed by atoms with Crippen LogP contribution < -0.4 is 15.5 Å². The second-order valence-corrected chi connectivity index (χ2v) is 7.32. The van der Waals surface area contributed by atoms with E-state index in [4.69, 9.17) is 0 Å². The number of nitrogens with zero attached hydrogens (tertiary/aromatic N) is 4. The summed E-state index contributed by atoms with van der Waals surface area (Å²) in [5.74, 6) is -0.603. The van der Waals surface area contributed by atoms with E-state index in [2.05, 4.69) is 20.8 Å². The SMILES string of the molecule is O=C(Nc1cccc(-n2nccn2)c1)NC1C2CN(c3ccc(F)cc3F)CC21. The van der Waals surface area contributed by atoms with E-state index in [0.29, 0.717) is 24.5 Å². The first-order chi connectivity index (χ1) is 14.1. The van der Waals surface area contributed by atoms with E-state index in [1.807, 2.05) is 17.0 Å². The summed E-state index contributed by atoms with van der Waals surface area (Å²) in [5.41, 5.74) is 1.79. The first-order valence-electron chi connectivity index (χ1n) is 9.33. The molecule has 2 aliphatic rings. The van der Waals surface area contributed by atoms with Crippen molar-refractivity contribution >= 4 is 17.4 Å². The normalized spacial score (nSPS) is 22.3. The summed E-state index contributed by atoms with van der Waals surface area (Å²) < 4.78 is 27.0. The molecule has 1 saturated carbocycles. The molecule has 148 valence electrons. The Kier molecular flexibility index (Phi) is 4.15. The third kappa shape index (κ3) is 3.39. The topological polar surface area (TPSA) is 75.1 Å². The van der Waals surface area contributed by atoms with Gasteiger partial charge in [0.2, 0.25) is 0 Å². The third-order valence-corrected chi connectivity index (χ3v) is 5.50. The number of aromatic nitrogens is 3. The van der Waals surface area contributed by atoms with Crippen LogP contribution in [0.15, 0.2) is 54.9 Å². The average Bonchev–Trinajstić information content (AvgIpc) is 3.13. The largest absolute Gasteiger partial charge is 0.368 e. The number of piperidine rings is 1. The summed E-state index contributed by atoms with van der Waals surface area (Å²) in [4.78, 5) is 15.7. The number of carbonyl (C=O) groups is 1. The highest BCUT2D eigenvalue weighted by molar-refractivity contribution is 5.90. The molecule has 2 amide bonds. The zero-order valence-corrected chi connectivity index (χ0v) is 15.3. The van der Waals surface area contributed by atoms with Gasteiger partial charge in [0, 0.05) is 42.7 Å². The molecule has 3 aromatic rings. The first kappa shape index (κ1) is 17.6. The third-order valence-electron chi connectivity index (χ3n) is 5.50. The molecule has 5 rings (SSSR count). The minimum Gasteiger partial charge on any atom is -0.368 e. The van der Waals surface area contributed by atoms with Crippen molar-refractivity contribution in [3.05, 3.63) is 66.5 Å². The molecule has 1 saturated heterocycles. The van der Waals surface area contributed by atoms with Gasteiger partial charge in [0.25, 0.3) is 0 Å². The number of benzene rings is 2. The molecule has 2 fully saturated rings. The van der Waals surface area contributed by atoms with Crippen LogP contribution in [-0.4, -0.2) is 40.2 Å². The number of hydrogen-bond acceptors (Lipinski definition) is 4. The van der Waals surface area contributed by atoms with E-state index in [9.17, 15) is 13.6 Å². The van der Waals surface area contributed by atoms with Crippen molar-refractivity contribution in [1.82, 2.24) is 20.3 Å². The zero-order valence-electron chi connectivity index (χ0n) is 15.3. The number of amides is 2. The van der Waals surface area contributed by atoms with Gasteiger partial charge in [-0.1, -0.05) is 6.07 Å². The number of hydrogen-bond donors (Lipinski definition) is 2. The van der Waals surface area contributed by atoms with Crippen molar-refractivity contribution in [2.24, 2.45) is 11.8 Å². The van der Waals surface area contributed by atoms with Crippen LogP contribution in [0.4, 0.5) is 25.0 Å². The molecule has 2 heterocycles. The smallest absolute Gasteiger partial charge is 0.319 e. The number of rotatable bonds is 4. The minimum absolute atomic E-state index is 0.0609. The van der Waals surface area contributed by atoms with E-state index >= 15 is 0 Å². The van der Waals surface area contributed by atoms with Crippen molar-refractivity contribution in [2.45, 2.75) is 6.04 Å². The quantitative estimate of drug-likeness (QED) is 0.711. The summed E-state index contributed by atoms with van der Waals surface area (Å²) in [7, 11) is 0. The maximum atomic E-state index is 14.0. The lowest BCUT2D eigenvalue weighted by atomic mass is 10.2. The van der Waals surface area contributed by atoms with E-state index < -0.39 is 11.6 Å². The van der Waals surface area contributed by atoms with Gasteiger partial charge in [-0.25, -0.2) is 13.6 Å². The van der Waals surface area contributed by atoms with Crippen molar-refractivity contribution < 1.29 is 13.6 Å². The van der Waals surface area contributed by atoms with Crippen LogP contribution in [-0.2, 0) is 0 Å². The Morgan fingerprint density at radius 2 is 1.79 bits per heavy atom. The van der Waals surface area contributed by atoms with E-state index in [1.165, 1.54) is 16.9 Å². The number of fused-ring (bicyclic) bond motifs is 1. The van der Waals surface area contributed by atoms with Crippen LogP contribution in [0.2, 0.25) is 0 Å². The van der Waals surface area contributed by atoms with Gasteiger partial charge in [-0.05, 0) is 30.3 Å². The summed E-state index contributed by atoms with van der Waals surface area (Å²) in [6, 6.07) is 10.6. The summed E-state index contributed by atoms with van der Waals surface area (Å²) in [6.07, 6.45) is 3.17. The molecule has 1 aliphatic carbocycles. The Hall–Kier alpha value is -3.49. The van der Waals surface area contributed by atoms with Gasteiger partial charge < -0.3 is 15.5 Å². The summed E-state index contributed by atoms with van der Waals surface area (Å²) in [5, 5.41) is 14.0. The van der Waals surface area contributed by atoms with Crippen molar-refractivity contribution in [3.63, 3.8) is 0 Å². The number of halogens is 2. The first-order valence-corrected chi connectivity index (χ1v) is 9.33. The van der Waals surface area contributed by atoms with Crippen molar-refractivity contribution in [1.29, 1.82) is 0 Å². The standard InChI is InChI=1S/C20H18F2N6O/c21-12-4-5-18(17(22)8-12)27-10-15-16(11-27)19(15)26-20(29)25-13-2-1-3-14(9-13)28-23-6-7-24-28/h1-9,15-16,19H,10-11H2,(H2,25,26,29). The highest BCUT2D eigenvalue weighted by Crippen LogP contribution is 2.47. The summed E-state index contributed by atoms with van der Waals surface area (Å²) in [6.45, 7) is 1.28. The van der Waals surface area contributed by atoms with Gasteiger partial charge in [-0.3, -0.25) is 0 Å². The zero-order chi connectivity index (χ0) is 20.0. The molecule has 1 aliphatic heterocycles. The average molecular weight is 396 g/mol. The maximum Gasteiger partial charge on any atom is 0.319 e. The molecule has 2 N–H and O–H groups in total. The minimum atomic E-state index is -0.584. The molecule has 1 aromatic heterocycles. The molecule has 29 heavy (non-hydrogen) atoms. The Morgan fingerprint density at radius 3 is 2.52 bits per heavy atom. The van der Waals surface area contributed by atoms with Crippen LogP contribution in [0.25, 0.3) is 5.69 Å². The Labute approximate surface area is 165 Å². The predicted octanol–water partition coefficient (Wildman–Crippen LogP) is 2.80. The van der Waals surface area contributed by atoms with E-state index in [-0.39, 0.29) is 23.9 Å². The van der Waals surface area contributed by atoms with E-state index in [1.54, 1.807) is 24.5 Å². The molecule has 0 radical (unpaired) electrons. The van der Waals surface area contributed by atoms with Crippen LogP contribution in [0.1, 0.15) is 0 Å². The molecule has 9 heteroatoms. The van der Waals surface area contributed by atoms with Gasteiger partial charge in [0.1, 0.15) is 11.6 Å². The monoisotopic (exact) mass is 396 g/mol. The fraction of sp³-hybridized carbons (Fsp3) is 0.250. The molecule has 2 aromatic carbocycles. The van der Waals surface area contributed by atoms with Gasteiger partial charge in [0.15, 0.2) is 0 Å². The lowest BCUT2D eigenvalue weighted by molar-refractivity contribution is 0.250. The predicted molar refractivity (Wildman–Crippen MR) is 103 cm³/mol.